The van der Waals surface area contributed by atoms with E-state index in [1.54, 1.807) is 10.9 Å². The standard InChI is InChI=1S/C26H30N8O2/c1-17-16-36-12-11-32(17)24-14-19(20-15-29-34(26(20)30-24)23-8-9-28-31-23)18-6-7-22(21(13-18)27-2)33-10-4-3-5-25(33)35/h6-9,13-15,17,27H,3-5,10-12,16H2,1-2H3,(H,28,31)/t17-/m1/s1. The Morgan fingerprint density at radius 2 is 2.06 bits per heavy atom. The van der Waals surface area contributed by atoms with Gasteiger partial charge in [-0.2, -0.15) is 14.9 Å². The molecule has 1 amide bonds. The average molecular weight is 487 g/mol. The van der Waals surface area contributed by atoms with E-state index >= 15 is 0 Å². The lowest BCUT2D eigenvalue weighted by molar-refractivity contribution is -0.119. The van der Waals surface area contributed by atoms with E-state index in [1.165, 1.54) is 0 Å². The Bertz CT molecular complexity index is 1400. The van der Waals surface area contributed by atoms with Crippen LogP contribution in [0.15, 0.2) is 42.7 Å². The van der Waals surface area contributed by atoms with E-state index in [9.17, 15) is 4.79 Å². The Kier molecular flexibility index (Phi) is 5.80. The second-order valence-electron chi connectivity index (χ2n) is 9.36. The van der Waals surface area contributed by atoms with Gasteiger partial charge in [-0.1, -0.05) is 6.07 Å². The van der Waals surface area contributed by atoms with Crippen LogP contribution in [0.1, 0.15) is 26.2 Å². The van der Waals surface area contributed by atoms with Crippen molar-refractivity contribution in [2.24, 2.45) is 0 Å². The SMILES string of the molecule is CNc1cc(-c2cc(N3CCOC[C@H]3C)nc3c2cnn3-c2cc[nH]n2)ccc1N1CCCCC1=O. The summed E-state index contributed by atoms with van der Waals surface area (Å²) in [5.41, 5.74) is 4.65. The minimum atomic E-state index is 0.181. The molecule has 36 heavy (non-hydrogen) atoms. The molecule has 10 heteroatoms. The molecular formula is C26H30N8O2. The first-order chi connectivity index (χ1) is 17.6. The van der Waals surface area contributed by atoms with Crippen molar-refractivity contribution in [2.75, 3.05) is 48.5 Å². The highest BCUT2D eigenvalue weighted by atomic mass is 16.5. The summed E-state index contributed by atoms with van der Waals surface area (Å²) in [5, 5.41) is 16.1. The summed E-state index contributed by atoms with van der Waals surface area (Å²) in [5.74, 6) is 1.75. The van der Waals surface area contributed by atoms with Gasteiger partial charge in [0.1, 0.15) is 5.82 Å². The van der Waals surface area contributed by atoms with Crippen LogP contribution in [-0.4, -0.2) is 70.3 Å². The summed E-state index contributed by atoms with van der Waals surface area (Å²) in [6.07, 6.45) is 6.20. The Hall–Kier alpha value is -3.92. The van der Waals surface area contributed by atoms with Crippen LogP contribution in [0.5, 0.6) is 0 Å². The quantitative estimate of drug-likeness (QED) is 0.444. The highest BCUT2D eigenvalue weighted by Gasteiger charge is 2.25. The van der Waals surface area contributed by atoms with Crippen LogP contribution in [0.25, 0.3) is 28.0 Å². The monoisotopic (exact) mass is 486 g/mol. The number of nitrogens with zero attached hydrogens (tertiary/aromatic N) is 6. The molecule has 186 valence electrons. The van der Waals surface area contributed by atoms with Crippen molar-refractivity contribution in [3.63, 3.8) is 0 Å². The molecule has 6 rings (SSSR count). The van der Waals surface area contributed by atoms with Gasteiger partial charge in [0.2, 0.25) is 5.91 Å². The van der Waals surface area contributed by atoms with Gasteiger partial charge in [-0.25, -0.2) is 4.98 Å². The number of fused-ring (bicyclic) bond motifs is 1. The molecule has 2 N–H and O–H groups in total. The molecule has 3 aromatic heterocycles. The number of benzene rings is 1. The summed E-state index contributed by atoms with van der Waals surface area (Å²) >= 11 is 0. The summed E-state index contributed by atoms with van der Waals surface area (Å²) < 4.78 is 7.44. The number of morpholine rings is 1. The van der Waals surface area contributed by atoms with Crippen LogP contribution >= 0.6 is 0 Å². The molecule has 1 atom stereocenters. The first-order valence-electron chi connectivity index (χ1n) is 12.5. The number of hydrogen-bond donors (Lipinski definition) is 2. The lowest BCUT2D eigenvalue weighted by atomic mass is 10.0. The van der Waals surface area contributed by atoms with Crippen LogP contribution < -0.4 is 15.1 Å². The van der Waals surface area contributed by atoms with Crippen molar-refractivity contribution in [3.05, 3.63) is 42.7 Å². The number of anilines is 3. The number of rotatable bonds is 5. The van der Waals surface area contributed by atoms with E-state index in [2.05, 4.69) is 50.6 Å². The smallest absolute Gasteiger partial charge is 0.227 e. The van der Waals surface area contributed by atoms with Gasteiger partial charge in [-0.3, -0.25) is 9.89 Å². The number of ether oxygens (including phenoxy) is 1. The lowest BCUT2D eigenvalue weighted by Gasteiger charge is -2.34. The number of nitrogens with one attached hydrogen (secondary N) is 2. The maximum absolute atomic E-state index is 12.6. The van der Waals surface area contributed by atoms with E-state index in [0.29, 0.717) is 25.5 Å². The van der Waals surface area contributed by atoms with E-state index < -0.39 is 0 Å². The van der Waals surface area contributed by atoms with Gasteiger partial charge < -0.3 is 19.9 Å². The maximum Gasteiger partial charge on any atom is 0.227 e. The molecule has 0 bridgehead atoms. The number of aromatic nitrogens is 5. The third-order valence-corrected chi connectivity index (χ3v) is 7.08. The zero-order valence-electron chi connectivity index (χ0n) is 20.6. The van der Waals surface area contributed by atoms with E-state index in [-0.39, 0.29) is 11.9 Å². The van der Waals surface area contributed by atoms with Gasteiger partial charge in [-0.15, -0.1) is 0 Å². The Labute approximate surface area is 209 Å². The van der Waals surface area contributed by atoms with Crippen molar-refractivity contribution in [2.45, 2.75) is 32.2 Å². The zero-order valence-corrected chi connectivity index (χ0v) is 20.6. The average Bonchev–Trinajstić information content (AvgIpc) is 3.58. The fourth-order valence-electron chi connectivity index (χ4n) is 5.18. The zero-order chi connectivity index (χ0) is 24.6. The van der Waals surface area contributed by atoms with Crippen LogP contribution in [0.4, 0.5) is 17.2 Å². The highest BCUT2D eigenvalue weighted by molar-refractivity contribution is 6.00. The van der Waals surface area contributed by atoms with Crippen molar-refractivity contribution < 1.29 is 9.53 Å². The van der Waals surface area contributed by atoms with Gasteiger partial charge in [0, 0.05) is 44.2 Å². The molecule has 5 heterocycles. The summed E-state index contributed by atoms with van der Waals surface area (Å²) in [4.78, 5) is 21.8. The Balaban J connectivity index is 1.50. The number of pyridine rings is 1. The number of carbonyl (C=O) groups excluding carboxylic acids is 1. The number of amides is 1. The number of carbonyl (C=O) groups is 1. The maximum atomic E-state index is 12.6. The molecule has 4 aromatic rings. The summed E-state index contributed by atoms with van der Waals surface area (Å²) in [6.45, 7) is 5.01. The molecule has 1 aromatic carbocycles. The first kappa shape index (κ1) is 22.5. The highest BCUT2D eigenvalue weighted by Crippen LogP contribution is 2.38. The number of piperidine rings is 1. The molecule has 2 fully saturated rings. The van der Waals surface area contributed by atoms with E-state index in [0.717, 1.165) is 65.3 Å². The van der Waals surface area contributed by atoms with Gasteiger partial charge in [0.25, 0.3) is 0 Å². The largest absolute Gasteiger partial charge is 0.386 e. The molecule has 0 aliphatic carbocycles. The topological polar surface area (TPSA) is 104 Å². The van der Waals surface area contributed by atoms with Gasteiger partial charge in [0.15, 0.2) is 11.5 Å². The molecule has 2 aliphatic heterocycles. The van der Waals surface area contributed by atoms with Gasteiger partial charge in [-0.05, 0) is 49.1 Å². The van der Waals surface area contributed by atoms with E-state index in [1.807, 2.05) is 30.3 Å². The van der Waals surface area contributed by atoms with Crippen molar-refractivity contribution in [1.82, 2.24) is 25.0 Å². The van der Waals surface area contributed by atoms with Gasteiger partial charge >= 0.3 is 0 Å². The first-order valence-corrected chi connectivity index (χ1v) is 12.5. The van der Waals surface area contributed by atoms with Crippen LogP contribution in [0.3, 0.4) is 0 Å². The minimum absolute atomic E-state index is 0.181. The Morgan fingerprint density at radius 3 is 2.83 bits per heavy atom. The minimum Gasteiger partial charge on any atom is -0.386 e. The van der Waals surface area contributed by atoms with Crippen molar-refractivity contribution in [1.29, 1.82) is 0 Å². The van der Waals surface area contributed by atoms with E-state index in [4.69, 9.17) is 9.72 Å². The Morgan fingerprint density at radius 1 is 1.14 bits per heavy atom. The summed E-state index contributed by atoms with van der Waals surface area (Å²) in [7, 11) is 1.90. The second kappa shape index (κ2) is 9.27. The molecule has 2 aliphatic rings. The summed E-state index contributed by atoms with van der Waals surface area (Å²) in [6, 6.07) is 10.5. The lowest BCUT2D eigenvalue weighted by Crippen LogP contribution is -2.44. The van der Waals surface area contributed by atoms with Crippen LogP contribution in [-0.2, 0) is 9.53 Å². The second-order valence-corrected chi connectivity index (χ2v) is 9.36. The third kappa shape index (κ3) is 3.87. The molecule has 10 nitrogen and oxygen atoms in total. The molecule has 0 spiro atoms. The van der Waals surface area contributed by atoms with Gasteiger partial charge in [0.05, 0.1) is 36.8 Å². The molecule has 0 unspecified atom stereocenters. The number of aromatic amines is 1. The molecule has 2 saturated heterocycles. The molecule has 0 saturated carbocycles. The fraction of sp³-hybridized carbons (Fsp3) is 0.385. The predicted molar refractivity (Wildman–Crippen MR) is 140 cm³/mol. The van der Waals surface area contributed by atoms with Crippen LogP contribution in [0, 0.1) is 0 Å². The molecular weight excluding hydrogens is 456 g/mol. The van der Waals surface area contributed by atoms with Crippen LogP contribution in [0.2, 0.25) is 0 Å². The fourth-order valence-corrected chi connectivity index (χ4v) is 5.18. The third-order valence-electron chi connectivity index (χ3n) is 7.08. The normalized spacial score (nSPS) is 18.7. The molecule has 0 radical (unpaired) electrons. The van der Waals surface area contributed by atoms with Crippen molar-refractivity contribution >= 4 is 34.1 Å². The number of H-pyrrole nitrogens is 1. The predicted octanol–water partition coefficient (Wildman–Crippen LogP) is 3.59. The number of hydrogen-bond acceptors (Lipinski definition) is 7. The van der Waals surface area contributed by atoms with Crippen molar-refractivity contribution in [3.8, 4) is 16.9 Å².